The van der Waals surface area contributed by atoms with Gasteiger partial charge in [-0.2, -0.15) is 0 Å². The van der Waals surface area contributed by atoms with Crippen molar-refractivity contribution in [2.45, 2.75) is 64.7 Å². The SMILES string of the molecule is CCCOc1cc2c(cc1[Se][SeH])C(C)(C)CCC2(C)C. The number of benzene rings is 1. The van der Waals surface area contributed by atoms with Gasteiger partial charge < -0.3 is 0 Å². The van der Waals surface area contributed by atoms with Crippen LogP contribution in [0.1, 0.15) is 65.0 Å². The minimum atomic E-state index is 0.267. The van der Waals surface area contributed by atoms with E-state index >= 15 is 0 Å². The molecular weight excluding hydrogens is 378 g/mol. The Hall–Kier alpha value is 0.0590. The molecule has 1 aliphatic rings. The maximum atomic E-state index is 6.01. The molecule has 1 aromatic carbocycles. The van der Waals surface area contributed by atoms with Crippen molar-refractivity contribution in [1.29, 1.82) is 0 Å². The number of hydrogen-bond donors (Lipinski definition) is 0. The van der Waals surface area contributed by atoms with Gasteiger partial charge in [0.05, 0.1) is 0 Å². The average Bonchev–Trinajstić information content (AvgIpc) is 2.41. The molecule has 3 heteroatoms. The van der Waals surface area contributed by atoms with Crippen LogP contribution in [0.5, 0.6) is 5.75 Å². The summed E-state index contributed by atoms with van der Waals surface area (Å²) in [5, 5.41) is 0. The Kier molecular flexibility index (Phi) is 4.97. The maximum absolute atomic E-state index is 6.01. The summed E-state index contributed by atoms with van der Waals surface area (Å²) in [6, 6.07) is 4.77. The Bertz CT molecular complexity index is 492. The fourth-order valence-corrected chi connectivity index (χ4v) is 5.32. The quantitative estimate of drug-likeness (QED) is 0.702. The Morgan fingerprint density at radius 2 is 1.65 bits per heavy atom. The molecule has 0 aliphatic heterocycles. The van der Waals surface area contributed by atoms with E-state index in [1.165, 1.54) is 22.9 Å². The molecule has 0 N–H and O–H groups in total. The van der Waals surface area contributed by atoms with Crippen molar-refractivity contribution in [3.63, 3.8) is 0 Å². The normalized spacial score (nSPS) is 19.5. The van der Waals surface area contributed by atoms with E-state index in [9.17, 15) is 0 Å². The molecule has 0 radical (unpaired) electrons. The summed E-state index contributed by atoms with van der Waals surface area (Å²) < 4.78 is 7.41. The van der Waals surface area contributed by atoms with Gasteiger partial charge in [-0.15, -0.1) is 0 Å². The van der Waals surface area contributed by atoms with Crippen LogP contribution in [0, 0.1) is 0 Å². The van der Waals surface area contributed by atoms with Crippen LogP contribution in [-0.4, -0.2) is 33.9 Å². The molecule has 0 unspecified atom stereocenters. The zero-order chi connectivity index (χ0) is 15.0. The second-order valence-corrected chi connectivity index (χ2v) is 10.3. The van der Waals surface area contributed by atoms with Gasteiger partial charge in [0.15, 0.2) is 0 Å². The van der Waals surface area contributed by atoms with E-state index < -0.39 is 0 Å². The van der Waals surface area contributed by atoms with Crippen LogP contribution < -0.4 is 9.20 Å². The Morgan fingerprint density at radius 3 is 2.15 bits per heavy atom. The van der Waals surface area contributed by atoms with Gasteiger partial charge in [-0.3, -0.25) is 0 Å². The van der Waals surface area contributed by atoms with E-state index in [2.05, 4.69) is 60.9 Å². The summed E-state index contributed by atoms with van der Waals surface area (Å²) in [4.78, 5) is 0. The van der Waals surface area contributed by atoms with E-state index in [0.717, 1.165) is 18.8 Å². The molecule has 1 aromatic rings. The average molecular weight is 404 g/mol. The Labute approximate surface area is 136 Å². The summed E-state index contributed by atoms with van der Waals surface area (Å²) in [5.41, 5.74) is 3.60. The van der Waals surface area contributed by atoms with E-state index in [1.54, 1.807) is 5.56 Å². The summed E-state index contributed by atoms with van der Waals surface area (Å²) in [7, 11) is 0. The molecule has 1 nitrogen and oxygen atoms in total. The van der Waals surface area contributed by atoms with Crippen LogP contribution in [0.4, 0.5) is 0 Å². The van der Waals surface area contributed by atoms with Crippen molar-refractivity contribution in [2.24, 2.45) is 0 Å². The number of hydrogen-bond acceptors (Lipinski definition) is 1. The predicted octanol–water partition coefficient (Wildman–Crippen LogP) is 2.97. The molecule has 0 aromatic heterocycles. The third kappa shape index (κ3) is 3.12. The van der Waals surface area contributed by atoms with Crippen LogP contribution in [-0.2, 0) is 10.8 Å². The molecule has 0 saturated heterocycles. The molecule has 0 bridgehead atoms. The molecule has 2 rings (SSSR count). The summed E-state index contributed by atoms with van der Waals surface area (Å²) in [6.45, 7) is 12.5. The second-order valence-electron chi connectivity index (χ2n) is 7.05. The van der Waals surface area contributed by atoms with Gasteiger partial charge in [-0.1, -0.05) is 0 Å². The van der Waals surface area contributed by atoms with Crippen LogP contribution in [0.15, 0.2) is 12.1 Å². The zero-order valence-corrected chi connectivity index (χ0v) is 16.8. The van der Waals surface area contributed by atoms with Gasteiger partial charge >= 0.3 is 137 Å². The number of ether oxygens (including phenoxy) is 1. The van der Waals surface area contributed by atoms with Crippen LogP contribution >= 0.6 is 0 Å². The molecule has 0 amide bonds. The summed E-state index contributed by atoms with van der Waals surface area (Å²) in [5.74, 6) is 1.12. The van der Waals surface area contributed by atoms with Gasteiger partial charge in [0.1, 0.15) is 0 Å². The molecule has 112 valence electrons. The van der Waals surface area contributed by atoms with Gasteiger partial charge in [-0.05, 0) is 0 Å². The van der Waals surface area contributed by atoms with E-state index in [-0.39, 0.29) is 5.41 Å². The van der Waals surface area contributed by atoms with Crippen LogP contribution in [0.3, 0.4) is 0 Å². The third-order valence-corrected chi connectivity index (χ3v) is 7.70. The zero-order valence-electron chi connectivity index (χ0n) is 13.2. The van der Waals surface area contributed by atoms with Crippen molar-refractivity contribution in [1.82, 2.24) is 0 Å². The fraction of sp³-hybridized carbons (Fsp3) is 0.647. The van der Waals surface area contributed by atoms with Crippen molar-refractivity contribution in [2.75, 3.05) is 6.61 Å². The number of rotatable bonds is 4. The second kappa shape index (κ2) is 6.05. The Balaban J connectivity index is 2.55. The van der Waals surface area contributed by atoms with E-state index in [1.807, 2.05) is 0 Å². The first-order chi connectivity index (χ1) is 9.31. The molecule has 0 atom stereocenters. The van der Waals surface area contributed by atoms with Gasteiger partial charge in [0.2, 0.25) is 0 Å². The molecule has 0 heterocycles. The predicted molar refractivity (Wildman–Crippen MR) is 90.1 cm³/mol. The van der Waals surface area contributed by atoms with Crippen molar-refractivity contribution >= 4 is 31.8 Å². The molecule has 0 spiro atoms. The first-order valence-corrected chi connectivity index (χ1v) is 13.1. The monoisotopic (exact) mass is 406 g/mol. The van der Waals surface area contributed by atoms with E-state index in [0.29, 0.717) is 18.5 Å². The molecule has 20 heavy (non-hydrogen) atoms. The number of fused-ring (bicyclic) bond motifs is 1. The topological polar surface area (TPSA) is 9.23 Å². The molecule has 0 saturated carbocycles. The molecule has 0 fully saturated rings. The minimum absolute atomic E-state index is 0.267. The fourth-order valence-electron chi connectivity index (χ4n) is 2.97. The van der Waals surface area contributed by atoms with Gasteiger partial charge in [0, 0.05) is 0 Å². The third-order valence-electron chi connectivity index (χ3n) is 4.48. The van der Waals surface area contributed by atoms with Crippen molar-refractivity contribution in [3.8, 4) is 5.75 Å². The van der Waals surface area contributed by atoms with E-state index in [4.69, 9.17) is 4.74 Å². The summed E-state index contributed by atoms with van der Waals surface area (Å²) in [6.07, 6.45) is 3.59. The first kappa shape index (κ1) is 16.4. The molecule has 1 aliphatic carbocycles. The molecular formula is C17H26OSe2. The van der Waals surface area contributed by atoms with Crippen LogP contribution in [0.2, 0.25) is 0 Å². The standard InChI is InChI=1S/C17H26OSe2/c1-6-9-18-14-10-12-13(11-15(14)20-19)17(4,5)8-7-16(12,2)3/h10-11,19H,6-9H2,1-5H3. The van der Waals surface area contributed by atoms with Gasteiger partial charge in [0.25, 0.3) is 0 Å². The van der Waals surface area contributed by atoms with Crippen molar-refractivity contribution < 1.29 is 4.74 Å². The van der Waals surface area contributed by atoms with Crippen LogP contribution in [0.25, 0.3) is 0 Å². The van der Waals surface area contributed by atoms with Crippen molar-refractivity contribution in [3.05, 3.63) is 23.3 Å². The first-order valence-electron chi connectivity index (χ1n) is 7.45. The van der Waals surface area contributed by atoms with Gasteiger partial charge in [-0.25, -0.2) is 0 Å². The Morgan fingerprint density at radius 1 is 1.10 bits per heavy atom. The summed E-state index contributed by atoms with van der Waals surface area (Å²) >= 11 is 3.17.